The smallest absolute Gasteiger partial charge is 0.494 e. The normalized spacial score (nSPS) is 11.6. The topological polar surface area (TPSA) is 142 Å². The van der Waals surface area contributed by atoms with Crippen LogP contribution in [0, 0.1) is 0 Å². The van der Waals surface area contributed by atoms with Crippen LogP contribution in [-0.2, 0) is 19.7 Å². The summed E-state index contributed by atoms with van der Waals surface area (Å²) in [5, 5.41) is 0. The zero-order valence-electron chi connectivity index (χ0n) is 30.1. The van der Waals surface area contributed by atoms with Gasteiger partial charge in [0.05, 0.1) is 26.4 Å². The number of hydrogen-bond donors (Lipinski definition) is 0. The van der Waals surface area contributed by atoms with Gasteiger partial charge in [-0.05, 0) is 49.9 Å². The number of nitrogens with zero attached hydrogens (tertiary/aromatic N) is 2. The number of hydrogen-bond acceptors (Lipinski definition) is 8. The molecule has 0 aromatic heterocycles. The molecule has 0 aliphatic carbocycles. The average molecular weight is 723 g/mol. The van der Waals surface area contributed by atoms with Crippen LogP contribution in [0.3, 0.4) is 0 Å². The molecule has 0 aliphatic rings. The van der Waals surface area contributed by atoms with Crippen LogP contribution in [0.15, 0.2) is 46.2 Å². The Labute approximate surface area is 295 Å². The first kappa shape index (κ1) is 42.1. The van der Waals surface area contributed by atoms with Crippen LogP contribution in [0.25, 0.3) is 5.53 Å². The Morgan fingerprint density at radius 1 is 0.510 bits per heavy atom. The van der Waals surface area contributed by atoms with Crippen LogP contribution in [0.4, 0.5) is 0 Å². The van der Waals surface area contributed by atoms with Gasteiger partial charge in [-0.25, -0.2) is 16.8 Å². The summed E-state index contributed by atoms with van der Waals surface area (Å²) >= 11 is 0. The summed E-state index contributed by atoms with van der Waals surface area (Å²) in [6.45, 7) is 9.56. The highest BCUT2D eigenvalue weighted by Gasteiger charge is 2.47. The Hall–Kier alpha value is -3.08. The van der Waals surface area contributed by atoms with Gasteiger partial charge >= 0.3 is 4.38 Å². The molecular formula is C37H58N2O8S2. The first-order chi connectivity index (χ1) is 23.7. The SMILES string of the molecule is CCCCCCOc1ccc(OCCCCCC)c(S(=O)(=O)C(=[N+]=[N-])S(=O)(=O)c2cc(OCCCCCC)ccc2OCCCCCC)c1. The van der Waals surface area contributed by atoms with E-state index in [1.165, 1.54) is 24.3 Å². The van der Waals surface area contributed by atoms with Crippen molar-refractivity contribution >= 4 is 24.1 Å². The summed E-state index contributed by atoms with van der Waals surface area (Å²) in [5.41, 5.74) is 10.1. The molecule has 0 atom stereocenters. The minimum Gasteiger partial charge on any atom is -0.494 e. The van der Waals surface area contributed by atoms with E-state index in [4.69, 9.17) is 18.9 Å². The van der Waals surface area contributed by atoms with E-state index in [0.29, 0.717) is 26.1 Å². The third-order valence-electron chi connectivity index (χ3n) is 7.99. The van der Waals surface area contributed by atoms with Crippen molar-refractivity contribution in [1.29, 1.82) is 0 Å². The molecule has 2 aromatic rings. The molecule has 0 spiro atoms. The maximum Gasteiger partial charge on any atom is 0.504 e. The van der Waals surface area contributed by atoms with Gasteiger partial charge in [-0.1, -0.05) is 105 Å². The molecule has 0 N–H and O–H groups in total. The van der Waals surface area contributed by atoms with E-state index in [2.05, 4.69) is 32.5 Å². The summed E-state index contributed by atoms with van der Waals surface area (Å²) in [7, 11) is -9.95. The zero-order valence-corrected chi connectivity index (χ0v) is 31.7. The number of benzene rings is 2. The second-order valence-corrected chi connectivity index (χ2v) is 16.2. The lowest BCUT2D eigenvalue weighted by Gasteiger charge is -2.15. The average Bonchev–Trinajstić information content (AvgIpc) is 3.08. The van der Waals surface area contributed by atoms with E-state index in [-0.39, 0.29) is 36.2 Å². The molecule has 49 heavy (non-hydrogen) atoms. The van der Waals surface area contributed by atoms with Gasteiger partial charge in [0.1, 0.15) is 32.8 Å². The molecule has 0 aliphatic heterocycles. The van der Waals surface area contributed by atoms with E-state index < -0.39 is 33.8 Å². The number of ether oxygens (including phenoxy) is 4. The lowest BCUT2D eigenvalue weighted by atomic mass is 10.2. The lowest BCUT2D eigenvalue weighted by molar-refractivity contribution is 0.00377. The summed E-state index contributed by atoms with van der Waals surface area (Å²) in [6.07, 6.45) is 14.9. The highest BCUT2D eigenvalue weighted by atomic mass is 32.3. The molecule has 0 heterocycles. The minimum absolute atomic E-state index is 0.0530. The first-order valence-corrected chi connectivity index (χ1v) is 21.1. The fourth-order valence-electron chi connectivity index (χ4n) is 5.11. The van der Waals surface area contributed by atoms with Crippen LogP contribution in [0.5, 0.6) is 23.0 Å². The molecule has 0 bridgehead atoms. The zero-order chi connectivity index (χ0) is 36.0. The first-order valence-electron chi connectivity index (χ1n) is 18.2. The molecule has 10 nitrogen and oxygen atoms in total. The van der Waals surface area contributed by atoms with Crippen molar-refractivity contribution in [2.75, 3.05) is 26.4 Å². The van der Waals surface area contributed by atoms with Crippen LogP contribution >= 0.6 is 0 Å². The molecule has 0 saturated heterocycles. The van der Waals surface area contributed by atoms with Crippen LogP contribution < -0.4 is 18.9 Å². The van der Waals surface area contributed by atoms with Crippen LogP contribution in [-0.4, -0.2) is 52.4 Å². The maximum absolute atomic E-state index is 14.2. The third kappa shape index (κ3) is 14.0. The van der Waals surface area contributed by atoms with Gasteiger partial charge in [0.2, 0.25) is 0 Å². The Morgan fingerprint density at radius 2 is 0.837 bits per heavy atom. The highest BCUT2D eigenvalue weighted by molar-refractivity contribution is 8.31. The van der Waals surface area contributed by atoms with Gasteiger partial charge in [-0.3, -0.25) is 0 Å². The lowest BCUT2D eigenvalue weighted by Crippen LogP contribution is -2.27. The van der Waals surface area contributed by atoms with E-state index in [9.17, 15) is 22.4 Å². The van der Waals surface area contributed by atoms with Crippen LogP contribution in [0.1, 0.15) is 130 Å². The van der Waals surface area contributed by atoms with E-state index in [1.54, 1.807) is 12.1 Å². The fraction of sp³-hybridized carbons (Fsp3) is 0.649. The fourth-order valence-corrected chi connectivity index (χ4v) is 8.73. The maximum atomic E-state index is 14.2. The second-order valence-electron chi connectivity index (χ2n) is 12.2. The standard InChI is InChI=1S/C37H58N2O8S2/c1-5-9-13-17-25-44-31-21-23-33(46-27-19-15-11-7-3)35(29-31)48(40,41)37(39-38)49(42,43)36-30-32(45-26-18-14-10-6-2)22-24-34(36)47-28-20-16-12-8-4/h21-24,29-30H,5-20,25-28H2,1-4H3. The molecule has 0 saturated carbocycles. The number of sulfone groups is 2. The number of unbranched alkanes of at least 4 members (excludes halogenated alkanes) is 12. The van der Waals surface area contributed by atoms with E-state index >= 15 is 0 Å². The summed E-state index contributed by atoms with van der Waals surface area (Å²) in [6, 6.07) is 8.56. The molecule has 2 rings (SSSR count). The van der Waals surface area contributed by atoms with Crippen molar-refractivity contribution in [2.45, 2.75) is 140 Å². The predicted molar refractivity (Wildman–Crippen MR) is 194 cm³/mol. The molecule has 0 amide bonds. The summed E-state index contributed by atoms with van der Waals surface area (Å²) < 4.78 is 78.9. The predicted octanol–water partition coefficient (Wildman–Crippen LogP) is 9.36. The van der Waals surface area contributed by atoms with Crippen LogP contribution in [0.2, 0.25) is 0 Å². The van der Waals surface area contributed by atoms with Crippen molar-refractivity contribution in [3.05, 3.63) is 41.9 Å². The summed E-state index contributed by atoms with van der Waals surface area (Å²) in [5.74, 6) is 0.362. The minimum atomic E-state index is -4.98. The van der Waals surface area contributed by atoms with Crippen molar-refractivity contribution in [1.82, 2.24) is 0 Å². The summed E-state index contributed by atoms with van der Waals surface area (Å²) in [4.78, 5) is 1.98. The van der Waals surface area contributed by atoms with Gasteiger partial charge in [0, 0.05) is 12.1 Å². The van der Waals surface area contributed by atoms with Gasteiger partial charge in [0.15, 0.2) is 0 Å². The number of rotatable bonds is 26. The molecule has 0 fully saturated rings. The van der Waals surface area contributed by atoms with Crippen molar-refractivity contribution < 1.29 is 40.6 Å². The molecule has 0 unspecified atom stereocenters. The Kier molecular flexibility index (Phi) is 20.1. The van der Waals surface area contributed by atoms with Crippen molar-refractivity contribution in [3.8, 4) is 23.0 Å². The monoisotopic (exact) mass is 722 g/mol. The Morgan fingerprint density at radius 3 is 1.14 bits per heavy atom. The van der Waals surface area contributed by atoms with Gasteiger partial charge in [0.25, 0.3) is 19.7 Å². The van der Waals surface area contributed by atoms with Gasteiger partial charge < -0.3 is 24.5 Å². The van der Waals surface area contributed by atoms with E-state index in [1.807, 2.05) is 0 Å². The molecule has 0 radical (unpaired) electrons. The second kappa shape index (κ2) is 23.3. The quantitative estimate of drug-likeness (QED) is 0.0307. The molecule has 276 valence electrons. The largest absolute Gasteiger partial charge is 0.504 e. The molecule has 12 heteroatoms. The Balaban J connectivity index is 2.53. The highest BCUT2D eigenvalue weighted by Crippen LogP contribution is 2.35. The van der Waals surface area contributed by atoms with Gasteiger partial charge in [-0.2, -0.15) is 0 Å². The third-order valence-corrected chi connectivity index (χ3v) is 12.2. The van der Waals surface area contributed by atoms with E-state index in [0.717, 1.165) is 89.9 Å². The van der Waals surface area contributed by atoms with Crippen molar-refractivity contribution in [2.24, 2.45) is 0 Å². The van der Waals surface area contributed by atoms with Gasteiger partial charge in [-0.15, -0.1) is 4.79 Å². The van der Waals surface area contributed by atoms with Crippen molar-refractivity contribution in [3.63, 3.8) is 0 Å². The molecular weight excluding hydrogens is 665 g/mol. The molecule has 2 aromatic carbocycles. The Bertz CT molecular complexity index is 1410.